The normalized spacial score (nSPS) is 18.8. The lowest BCUT2D eigenvalue weighted by Gasteiger charge is -2.27. The summed E-state index contributed by atoms with van der Waals surface area (Å²) in [6, 6.07) is 3.26. The summed E-state index contributed by atoms with van der Waals surface area (Å²) >= 11 is 0. The van der Waals surface area contributed by atoms with Gasteiger partial charge in [-0.25, -0.2) is 4.79 Å². The van der Waals surface area contributed by atoms with E-state index in [0.29, 0.717) is 43.7 Å². The van der Waals surface area contributed by atoms with Gasteiger partial charge < -0.3 is 19.1 Å². The number of carbonyl (C=O) groups is 2. The summed E-state index contributed by atoms with van der Waals surface area (Å²) in [4.78, 5) is 26.9. The minimum absolute atomic E-state index is 0.0870. The van der Waals surface area contributed by atoms with Crippen molar-refractivity contribution in [2.24, 2.45) is 0 Å². The van der Waals surface area contributed by atoms with Crippen molar-refractivity contribution < 1.29 is 23.8 Å². The van der Waals surface area contributed by atoms with Crippen LogP contribution in [0.1, 0.15) is 37.3 Å². The minimum Gasteiger partial charge on any atom is -0.496 e. The Balaban J connectivity index is 1.90. The lowest BCUT2D eigenvalue weighted by Crippen LogP contribution is -2.42. The molecule has 0 aromatic heterocycles. The lowest BCUT2D eigenvalue weighted by atomic mass is 9.90. The van der Waals surface area contributed by atoms with Gasteiger partial charge in [-0.3, -0.25) is 4.79 Å². The smallest absolute Gasteiger partial charge is 0.328 e. The quantitative estimate of drug-likeness (QED) is 0.756. The molecule has 0 bridgehead atoms. The second kappa shape index (κ2) is 7.81. The Labute approximate surface area is 153 Å². The lowest BCUT2D eigenvalue weighted by molar-refractivity contribution is -0.152. The molecule has 1 saturated heterocycles. The maximum absolute atomic E-state index is 13.1. The van der Waals surface area contributed by atoms with Crippen molar-refractivity contribution in [1.29, 1.82) is 0 Å². The fourth-order valence-corrected chi connectivity index (χ4v) is 3.76. The standard InChI is InChI=1S/C20H25NO5/c1-4-26-20(23)16-6-5-11-21(16)19(22)13-7-8-14-15(12-13)18(25-3)10-9-17(14)24-2/h9-10,12,16H,4-8,11H2,1-3H3/t16-/m0/s1. The Kier molecular flexibility index (Phi) is 5.49. The average Bonchev–Trinajstić information content (AvgIpc) is 3.16. The molecule has 1 heterocycles. The van der Waals surface area contributed by atoms with Crippen LogP contribution in [-0.2, 0) is 20.7 Å². The van der Waals surface area contributed by atoms with E-state index in [9.17, 15) is 9.59 Å². The zero-order chi connectivity index (χ0) is 18.7. The number of ether oxygens (including phenoxy) is 3. The molecule has 1 atom stereocenters. The van der Waals surface area contributed by atoms with Crippen LogP contribution in [0, 0.1) is 0 Å². The van der Waals surface area contributed by atoms with Gasteiger partial charge in [-0.05, 0) is 50.8 Å². The van der Waals surface area contributed by atoms with Gasteiger partial charge in [0.1, 0.15) is 17.5 Å². The highest BCUT2D eigenvalue weighted by Gasteiger charge is 2.37. The SMILES string of the molecule is CCOC(=O)[C@@H]1CCCN1C(=O)C1=Cc2c(OC)ccc(OC)c2CC1. The molecule has 1 aliphatic heterocycles. The highest BCUT2D eigenvalue weighted by atomic mass is 16.5. The van der Waals surface area contributed by atoms with Crippen LogP contribution in [0.25, 0.3) is 6.08 Å². The van der Waals surface area contributed by atoms with Crippen molar-refractivity contribution in [3.63, 3.8) is 0 Å². The fourth-order valence-electron chi connectivity index (χ4n) is 3.76. The number of amides is 1. The second-order valence-corrected chi connectivity index (χ2v) is 6.44. The number of carbonyl (C=O) groups excluding carboxylic acids is 2. The Morgan fingerprint density at radius 3 is 2.58 bits per heavy atom. The Hall–Kier alpha value is -2.50. The molecule has 6 nitrogen and oxygen atoms in total. The summed E-state index contributed by atoms with van der Waals surface area (Å²) in [5.41, 5.74) is 2.63. The van der Waals surface area contributed by atoms with Crippen molar-refractivity contribution in [2.45, 2.75) is 38.6 Å². The van der Waals surface area contributed by atoms with Crippen molar-refractivity contribution in [2.75, 3.05) is 27.4 Å². The summed E-state index contributed by atoms with van der Waals surface area (Å²) in [6.07, 6.45) is 4.66. The monoisotopic (exact) mass is 359 g/mol. The van der Waals surface area contributed by atoms with Gasteiger partial charge in [0, 0.05) is 23.2 Å². The van der Waals surface area contributed by atoms with E-state index >= 15 is 0 Å². The van der Waals surface area contributed by atoms with E-state index in [1.54, 1.807) is 26.0 Å². The fraction of sp³-hybridized carbons (Fsp3) is 0.500. The molecule has 0 unspecified atom stereocenters. The molecule has 1 aliphatic carbocycles. The number of hydrogen-bond donors (Lipinski definition) is 0. The first-order chi connectivity index (χ1) is 12.6. The summed E-state index contributed by atoms with van der Waals surface area (Å²) < 4.78 is 16.0. The molecule has 140 valence electrons. The number of rotatable bonds is 5. The molecule has 1 amide bonds. The highest BCUT2D eigenvalue weighted by Crippen LogP contribution is 2.38. The average molecular weight is 359 g/mol. The van der Waals surface area contributed by atoms with E-state index in [1.165, 1.54) is 0 Å². The van der Waals surface area contributed by atoms with E-state index in [2.05, 4.69) is 0 Å². The molecule has 0 spiro atoms. The molecule has 1 aromatic carbocycles. The van der Waals surface area contributed by atoms with E-state index < -0.39 is 6.04 Å². The third-order valence-corrected chi connectivity index (χ3v) is 5.02. The van der Waals surface area contributed by atoms with Gasteiger partial charge in [-0.2, -0.15) is 0 Å². The molecule has 0 saturated carbocycles. The summed E-state index contributed by atoms with van der Waals surface area (Å²) in [5, 5.41) is 0. The zero-order valence-electron chi connectivity index (χ0n) is 15.5. The number of esters is 1. The van der Waals surface area contributed by atoms with Crippen molar-refractivity contribution in [3.05, 3.63) is 28.8 Å². The predicted molar refractivity (Wildman–Crippen MR) is 97.2 cm³/mol. The predicted octanol–water partition coefficient (Wildman–Crippen LogP) is 2.59. The number of likely N-dealkylation sites (tertiary alicyclic amines) is 1. The van der Waals surface area contributed by atoms with Gasteiger partial charge >= 0.3 is 5.97 Å². The number of methoxy groups -OCH3 is 2. The van der Waals surface area contributed by atoms with Crippen LogP contribution in [0.4, 0.5) is 0 Å². The van der Waals surface area contributed by atoms with Gasteiger partial charge in [-0.15, -0.1) is 0 Å². The first-order valence-electron chi connectivity index (χ1n) is 9.02. The Bertz CT molecular complexity index is 740. The van der Waals surface area contributed by atoms with Crippen molar-refractivity contribution in [1.82, 2.24) is 4.90 Å². The number of fused-ring (bicyclic) bond motifs is 1. The van der Waals surface area contributed by atoms with Gasteiger partial charge in [0.25, 0.3) is 5.91 Å². The number of hydrogen-bond acceptors (Lipinski definition) is 5. The molecular formula is C20H25NO5. The second-order valence-electron chi connectivity index (χ2n) is 6.44. The van der Waals surface area contributed by atoms with Crippen LogP contribution < -0.4 is 9.47 Å². The van der Waals surface area contributed by atoms with Crippen LogP contribution >= 0.6 is 0 Å². The maximum Gasteiger partial charge on any atom is 0.328 e. The zero-order valence-corrected chi connectivity index (χ0v) is 15.5. The summed E-state index contributed by atoms with van der Waals surface area (Å²) in [6.45, 7) is 2.69. The number of benzene rings is 1. The van der Waals surface area contributed by atoms with Gasteiger partial charge in [0.2, 0.25) is 0 Å². The third kappa shape index (κ3) is 3.28. The molecule has 3 rings (SSSR count). The van der Waals surface area contributed by atoms with Gasteiger partial charge in [0.05, 0.1) is 20.8 Å². The molecule has 1 aromatic rings. The Morgan fingerprint density at radius 2 is 1.88 bits per heavy atom. The van der Waals surface area contributed by atoms with Crippen molar-refractivity contribution in [3.8, 4) is 11.5 Å². The molecular weight excluding hydrogens is 334 g/mol. The van der Waals surface area contributed by atoms with E-state index in [1.807, 2.05) is 18.2 Å². The number of nitrogens with zero attached hydrogens (tertiary/aromatic N) is 1. The molecule has 0 N–H and O–H groups in total. The molecule has 26 heavy (non-hydrogen) atoms. The van der Waals surface area contributed by atoms with Crippen LogP contribution in [0.5, 0.6) is 11.5 Å². The largest absolute Gasteiger partial charge is 0.496 e. The summed E-state index contributed by atoms with van der Waals surface area (Å²) in [5.74, 6) is 1.12. The molecule has 0 radical (unpaired) electrons. The topological polar surface area (TPSA) is 65.1 Å². The van der Waals surface area contributed by atoms with Crippen molar-refractivity contribution >= 4 is 18.0 Å². The molecule has 1 fully saturated rings. The van der Waals surface area contributed by atoms with Crippen LogP contribution in [0.2, 0.25) is 0 Å². The van der Waals surface area contributed by atoms with Gasteiger partial charge in [-0.1, -0.05) is 0 Å². The Morgan fingerprint density at radius 1 is 1.15 bits per heavy atom. The minimum atomic E-state index is -0.475. The molecule has 6 heteroatoms. The summed E-state index contributed by atoms with van der Waals surface area (Å²) in [7, 11) is 3.25. The van der Waals surface area contributed by atoms with Crippen LogP contribution in [-0.4, -0.2) is 50.2 Å². The van der Waals surface area contributed by atoms with E-state index in [0.717, 1.165) is 23.3 Å². The van der Waals surface area contributed by atoms with E-state index in [4.69, 9.17) is 14.2 Å². The first-order valence-corrected chi connectivity index (χ1v) is 9.02. The van der Waals surface area contributed by atoms with E-state index in [-0.39, 0.29) is 11.9 Å². The molecule has 2 aliphatic rings. The third-order valence-electron chi connectivity index (χ3n) is 5.02. The highest BCUT2D eigenvalue weighted by molar-refractivity contribution is 6.01. The van der Waals surface area contributed by atoms with Crippen LogP contribution in [0.15, 0.2) is 17.7 Å². The maximum atomic E-state index is 13.1. The van der Waals surface area contributed by atoms with Gasteiger partial charge in [0.15, 0.2) is 0 Å². The first kappa shape index (κ1) is 18.3. The van der Waals surface area contributed by atoms with Crippen LogP contribution in [0.3, 0.4) is 0 Å².